The van der Waals surface area contributed by atoms with Crippen LogP contribution in [0.15, 0.2) is 0 Å². The summed E-state index contributed by atoms with van der Waals surface area (Å²) in [7, 11) is 2.24. The number of hydrogen-bond donors (Lipinski definition) is 1. The quantitative estimate of drug-likeness (QED) is 0.654. The van der Waals surface area contributed by atoms with Gasteiger partial charge in [-0.1, -0.05) is 13.8 Å². The SMILES string of the molecule is CSCCC(C)N(C)CCC(CN)CC(C)C. The molecule has 2 atom stereocenters. The predicted octanol–water partition coefficient (Wildman–Crippen LogP) is 3.07. The topological polar surface area (TPSA) is 29.3 Å². The molecule has 0 amide bonds. The van der Waals surface area contributed by atoms with Crippen LogP contribution in [0.5, 0.6) is 0 Å². The molecule has 0 rings (SSSR count). The summed E-state index contributed by atoms with van der Waals surface area (Å²) in [6.07, 6.45) is 5.98. The third-order valence-electron chi connectivity index (χ3n) is 3.52. The molecular weight excluding hydrogens is 228 g/mol. The van der Waals surface area contributed by atoms with E-state index in [-0.39, 0.29) is 0 Å². The van der Waals surface area contributed by atoms with Crippen LogP contribution in [0.25, 0.3) is 0 Å². The Bertz CT molecular complexity index is 174. The Labute approximate surface area is 113 Å². The van der Waals surface area contributed by atoms with Crippen LogP contribution >= 0.6 is 11.8 Å². The molecule has 17 heavy (non-hydrogen) atoms. The lowest BCUT2D eigenvalue weighted by atomic mass is 9.94. The summed E-state index contributed by atoms with van der Waals surface area (Å²) in [4.78, 5) is 2.49. The third-order valence-corrected chi connectivity index (χ3v) is 4.16. The van der Waals surface area contributed by atoms with E-state index in [0.717, 1.165) is 12.5 Å². The number of nitrogens with two attached hydrogens (primary N) is 1. The Morgan fingerprint density at radius 1 is 1.18 bits per heavy atom. The fourth-order valence-corrected chi connectivity index (χ4v) is 2.69. The van der Waals surface area contributed by atoms with Gasteiger partial charge in [0.05, 0.1) is 0 Å². The van der Waals surface area contributed by atoms with Gasteiger partial charge >= 0.3 is 0 Å². The Morgan fingerprint density at radius 2 is 1.82 bits per heavy atom. The first-order valence-electron chi connectivity index (χ1n) is 6.90. The molecule has 2 nitrogen and oxygen atoms in total. The Balaban J connectivity index is 3.82. The monoisotopic (exact) mass is 260 g/mol. The summed E-state index contributed by atoms with van der Waals surface area (Å²) < 4.78 is 0. The highest BCUT2D eigenvalue weighted by molar-refractivity contribution is 7.98. The van der Waals surface area contributed by atoms with Crippen molar-refractivity contribution in [1.29, 1.82) is 0 Å². The molecule has 0 spiro atoms. The Kier molecular flexibility index (Phi) is 10.4. The molecule has 0 radical (unpaired) electrons. The maximum Gasteiger partial charge on any atom is 0.00717 e. The van der Waals surface area contributed by atoms with E-state index < -0.39 is 0 Å². The largest absolute Gasteiger partial charge is 0.330 e. The molecule has 0 saturated carbocycles. The van der Waals surface area contributed by atoms with Crippen molar-refractivity contribution in [3.8, 4) is 0 Å². The van der Waals surface area contributed by atoms with Crippen LogP contribution in [0.3, 0.4) is 0 Å². The van der Waals surface area contributed by atoms with Gasteiger partial charge in [0.2, 0.25) is 0 Å². The van der Waals surface area contributed by atoms with Crippen LogP contribution in [-0.4, -0.2) is 43.1 Å². The van der Waals surface area contributed by atoms with Crippen LogP contribution in [-0.2, 0) is 0 Å². The highest BCUT2D eigenvalue weighted by Crippen LogP contribution is 2.15. The highest BCUT2D eigenvalue weighted by Gasteiger charge is 2.13. The molecule has 2 N–H and O–H groups in total. The Morgan fingerprint density at radius 3 is 2.29 bits per heavy atom. The first-order chi connectivity index (χ1) is 8.01. The van der Waals surface area contributed by atoms with Crippen molar-refractivity contribution in [2.45, 2.75) is 46.1 Å². The summed E-state index contributed by atoms with van der Waals surface area (Å²) in [6, 6.07) is 0.694. The second-order valence-electron chi connectivity index (χ2n) is 5.63. The summed E-state index contributed by atoms with van der Waals surface area (Å²) in [5.41, 5.74) is 5.84. The van der Waals surface area contributed by atoms with Crippen molar-refractivity contribution < 1.29 is 0 Å². The van der Waals surface area contributed by atoms with E-state index in [0.29, 0.717) is 12.0 Å². The van der Waals surface area contributed by atoms with Crippen LogP contribution < -0.4 is 5.73 Å². The van der Waals surface area contributed by atoms with Gasteiger partial charge in [-0.05, 0) is 70.2 Å². The second-order valence-corrected chi connectivity index (χ2v) is 6.62. The Hall–Kier alpha value is 0.270. The number of rotatable bonds is 10. The van der Waals surface area contributed by atoms with Gasteiger partial charge in [-0.25, -0.2) is 0 Å². The summed E-state index contributed by atoms with van der Waals surface area (Å²) in [6.45, 7) is 8.92. The van der Waals surface area contributed by atoms with E-state index in [1.807, 2.05) is 11.8 Å². The molecule has 0 aromatic carbocycles. The van der Waals surface area contributed by atoms with Gasteiger partial charge in [-0.2, -0.15) is 11.8 Å². The molecule has 0 saturated heterocycles. The van der Waals surface area contributed by atoms with Crippen LogP contribution in [0.2, 0.25) is 0 Å². The average molecular weight is 260 g/mol. The van der Waals surface area contributed by atoms with Crippen LogP contribution in [0.4, 0.5) is 0 Å². The lowest BCUT2D eigenvalue weighted by Crippen LogP contribution is -2.32. The van der Waals surface area contributed by atoms with Gasteiger partial charge in [-0.3, -0.25) is 0 Å². The zero-order valence-electron chi connectivity index (χ0n) is 12.4. The number of hydrogen-bond acceptors (Lipinski definition) is 3. The molecule has 3 heteroatoms. The second kappa shape index (κ2) is 10.2. The lowest BCUT2D eigenvalue weighted by Gasteiger charge is -2.27. The van der Waals surface area contributed by atoms with Gasteiger partial charge in [0, 0.05) is 6.04 Å². The van der Waals surface area contributed by atoms with Crippen LogP contribution in [0, 0.1) is 11.8 Å². The third kappa shape index (κ3) is 8.92. The van der Waals surface area contributed by atoms with Gasteiger partial charge in [0.15, 0.2) is 0 Å². The van der Waals surface area contributed by atoms with Crippen LogP contribution in [0.1, 0.15) is 40.0 Å². The van der Waals surface area contributed by atoms with E-state index in [9.17, 15) is 0 Å². The molecule has 0 aromatic rings. The average Bonchev–Trinajstić information content (AvgIpc) is 2.30. The van der Waals surface area contributed by atoms with Gasteiger partial charge in [0.1, 0.15) is 0 Å². The predicted molar refractivity (Wildman–Crippen MR) is 81.7 cm³/mol. The normalized spacial score (nSPS) is 15.5. The summed E-state index contributed by atoms with van der Waals surface area (Å²) in [5, 5.41) is 0. The van der Waals surface area contributed by atoms with E-state index >= 15 is 0 Å². The molecule has 0 fully saturated rings. The van der Waals surface area contributed by atoms with E-state index in [1.54, 1.807) is 0 Å². The maximum absolute atomic E-state index is 5.84. The molecule has 2 unspecified atom stereocenters. The van der Waals surface area contributed by atoms with Crippen molar-refractivity contribution in [2.75, 3.05) is 32.1 Å². The zero-order chi connectivity index (χ0) is 13.3. The van der Waals surface area contributed by atoms with Gasteiger partial charge < -0.3 is 10.6 Å². The molecule has 0 aliphatic rings. The molecule has 0 aliphatic heterocycles. The molecular formula is C14H32N2S. The fraction of sp³-hybridized carbons (Fsp3) is 1.00. The first-order valence-corrected chi connectivity index (χ1v) is 8.29. The molecule has 104 valence electrons. The van der Waals surface area contributed by atoms with Crippen molar-refractivity contribution in [3.05, 3.63) is 0 Å². The molecule has 0 aromatic heterocycles. The minimum atomic E-state index is 0.694. The van der Waals surface area contributed by atoms with Gasteiger partial charge in [-0.15, -0.1) is 0 Å². The minimum absolute atomic E-state index is 0.694. The van der Waals surface area contributed by atoms with E-state index in [2.05, 4.69) is 39.0 Å². The summed E-state index contributed by atoms with van der Waals surface area (Å²) >= 11 is 1.94. The maximum atomic E-state index is 5.84. The smallest absolute Gasteiger partial charge is 0.00717 e. The highest BCUT2D eigenvalue weighted by atomic mass is 32.2. The first kappa shape index (κ1) is 17.3. The fourth-order valence-electron chi connectivity index (χ4n) is 2.11. The zero-order valence-corrected chi connectivity index (χ0v) is 13.2. The lowest BCUT2D eigenvalue weighted by molar-refractivity contribution is 0.227. The number of thioether (sulfide) groups is 1. The van der Waals surface area contributed by atoms with Crippen molar-refractivity contribution >= 4 is 11.8 Å². The molecule has 0 aliphatic carbocycles. The number of nitrogens with zero attached hydrogens (tertiary/aromatic N) is 1. The standard InChI is InChI=1S/C14H32N2S/c1-12(2)10-14(11-15)6-8-16(4)13(3)7-9-17-5/h12-14H,6-11,15H2,1-5H3. The molecule has 0 bridgehead atoms. The van der Waals surface area contributed by atoms with Crippen molar-refractivity contribution in [2.24, 2.45) is 17.6 Å². The van der Waals surface area contributed by atoms with Crippen molar-refractivity contribution in [3.63, 3.8) is 0 Å². The minimum Gasteiger partial charge on any atom is -0.330 e. The van der Waals surface area contributed by atoms with E-state index in [1.165, 1.54) is 31.6 Å². The van der Waals surface area contributed by atoms with Gasteiger partial charge in [0.25, 0.3) is 0 Å². The molecule has 0 heterocycles. The van der Waals surface area contributed by atoms with E-state index in [4.69, 9.17) is 5.73 Å². The van der Waals surface area contributed by atoms with Crippen molar-refractivity contribution in [1.82, 2.24) is 4.90 Å². The summed E-state index contributed by atoms with van der Waals surface area (Å²) in [5.74, 6) is 2.73.